The Morgan fingerprint density at radius 3 is 2.40 bits per heavy atom. The molecule has 0 saturated heterocycles. The number of amides is 1. The van der Waals surface area contributed by atoms with Crippen molar-refractivity contribution in [1.29, 1.82) is 0 Å². The van der Waals surface area contributed by atoms with E-state index in [2.05, 4.69) is 5.32 Å². The van der Waals surface area contributed by atoms with Crippen LogP contribution in [0.5, 0.6) is 5.75 Å². The van der Waals surface area contributed by atoms with E-state index in [1.165, 1.54) is 6.92 Å². The Kier molecular flexibility index (Phi) is 8.15. The van der Waals surface area contributed by atoms with Gasteiger partial charge >= 0.3 is 0 Å². The zero-order valence-electron chi connectivity index (χ0n) is 9.62. The number of rotatable bonds is 4. The van der Waals surface area contributed by atoms with Gasteiger partial charge in [0.15, 0.2) is 0 Å². The van der Waals surface area contributed by atoms with Gasteiger partial charge in [0.25, 0.3) is 0 Å². The maximum Gasteiger partial charge on any atom is 0.216 e. The Hall–Kier alpha value is -1.51. The highest BCUT2D eigenvalue weighted by Gasteiger charge is 1.92. The van der Waals surface area contributed by atoms with Gasteiger partial charge < -0.3 is 10.1 Å². The number of ether oxygens (including phenoxy) is 1. The quantitative estimate of drug-likeness (QED) is 0.772. The summed E-state index contributed by atoms with van der Waals surface area (Å²) in [6.07, 6.45) is 0. The normalized spacial score (nSPS) is 8.47. The minimum Gasteiger partial charge on any atom is -0.492 e. The molecule has 84 valence electrons. The van der Waals surface area contributed by atoms with Gasteiger partial charge in [-0.1, -0.05) is 32.0 Å². The number of benzene rings is 1. The number of carbonyl (C=O) groups is 1. The molecular formula is C12H19NO2. The predicted octanol–water partition coefficient (Wildman–Crippen LogP) is 2.23. The lowest BCUT2D eigenvalue weighted by molar-refractivity contribution is -0.119. The molecule has 1 aromatic rings. The van der Waals surface area contributed by atoms with Gasteiger partial charge in [-0.05, 0) is 12.1 Å². The van der Waals surface area contributed by atoms with Crippen molar-refractivity contribution in [3.05, 3.63) is 30.3 Å². The molecule has 0 aliphatic rings. The molecule has 0 fully saturated rings. The van der Waals surface area contributed by atoms with Crippen LogP contribution in [0.2, 0.25) is 0 Å². The highest BCUT2D eigenvalue weighted by atomic mass is 16.5. The first kappa shape index (κ1) is 13.5. The number of para-hydroxylation sites is 1. The van der Waals surface area contributed by atoms with E-state index < -0.39 is 0 Å². The maximum absolute atomic E-state index is 10.5. The molecule has 1 aromatic carbocycles. The average molecular weight is 209 g/mol. The van der Waals surface area contributed by atoms with Crippen molar-refractivity contribution < 1.29 is 9.53 Å². The summed E-state index contributed by atoms with van der Waals surface area (Å²) >= 11 is 0. The molecule has 0 radical (unpaired) electrons. The highest BCUT2D eigenvalue weighted by Crippen LogP contribution is 2.07. The van der Waals surface area contributed by atoms with Crippen LogP contribution in [0.3, 0.4) is 0 Å². The van der Waals surface area contributed by atoms with Crippen LogP contribution in [0, 0.1) is 0 Å². The summed E-state index contributed by atoms with van der Waals surface area (Å²) in [6.45, 7) is 6.54. The Labute approximate surface area is 91.5 Å². The first-order valence-corrected chi connectivity index (χ1v) is 5.21. The van der Waals surface area contributed by atoms with Crippen LogP contribution >= 0.6 is 0 Å². The predicted molar refractivity (Wildman–Crippen MR) is 62.0 cm³/mol. The van der Waals surface area contributed by atoms with E-state index in [9.17, 15) is 4.79 Å². The average Bonchev–Trinajstić information content (AvgIpc) is 2.28. The molecule has 3 nitrogen and oxygen atoms in total. The SMILES string of the molecule is CC.CC(=O)NCCOc1ccccc1. The zero-order chi connectivity index (χ0) is 11.5. The molecule has 0 aliphatic carbocycles. The van der Waals surface area contributed by atoms with Gasteiger partial charge in [0, 0.05) is 6.92 Å². The van der Waals surface area contributed by atoms with Crippen LogP contribution in [-0.2, 0) is 4.79 Å². The summed E-state index contributed by atoms with van der Waals surface area (Å²) in [5.74, 6) is 0.796. The number of hydrogen-bond donors (Lipinski definition) is 1. The summed E-state index contributed by atoms with van der Waals surface area (Å²) in [5, 5.41) is 2.65. The summed E-state index contributed by atoms with van der Waals surface area (Å²) in [6, 6.07) is 9.52. The van der Waals surface area contributed by atoms with E-state index in [0.29, 0.717) is 13.2 Å². The largest absolute Gasteiger partial charge is 0.492 e. The molecule has 1 N–H and O–H groups in total. The van der Waals surface area contributed by atoms with Gasteiger partial charge in [-0.15, -0.1) is 0 Å². The number of nitrogens with one attached hydrogen (secondary N) is 1. The van der Waals surface area contributed by atoms with Crippen molar-refractivity contribution in [2.45, 2.75) is 20.8 Å². The lowest BCUT2D eigenvalue weighted by Gasteiger charge is -2.05. The highest BCUT2D eigenvalue weighted by molar-refractivity contribution is 5.72. The Bertz CT molecular complexity index is 260. The van der Waals surface area contributed by atoms with E-state index in [1.807, 2.05) is 44.2 Å². The Morgan fingerprint density at radius 1 is 1.27 bits per heavy atom. The summed E-state index contributed by atoms with van der Waals surface area (Å²) in [4.78, 5) is 10.5. The van der Waals surface area contributed by atoms with Crippen LogP contribution in [0.1, 0.15) is 20.8 Å². The zero-order valence-corrected chi connectivity index (χ0v) is 9.62. The molecule has 3 heteroatoms. The smallest absolute Gasteiger partial charge is 0.216 e. The van der Waals surface area contributed by atoms with E-state index >= 15 is 0 Å². The Morgan fingerprint density at radius 2 is 1.87 bits per heavy atom. The fourth-order valence-corrected chi connectivity index (χ4v) is 0.913. The molecule has 0 aliphatic heterocycles. The molecule has 0 heterocycles. The van der Waals surface area contributed by atoms with Crippen molar-refractivity contribution in [3.8, 4) is 5.75 Å². The molecule has 0 unspecified atom stereocenters. The second kappa shape index (κ2) is 9.06. The number of carbonyl (C=O) groups excluding carboxylic acids is 1. The second-order valence-electron chi connectivity index (χ2n) is 2.64. The van der Waals surface area contributed by atoms with Crippen molar-refractivity contribution >= 4 is 5.91 Å². The van der Waals surface area contributed by atoms with Crippen LogP contribution in [0.4, 0.5) is 0 Å². The van der Waals surface area contributed by atoms with Crippen LogP contribution in [-0.4, -0.2) is 19.1 Å². The van der Waals surface area contributed by atoms with Gasteiger partial charge in [-0.25, -0.2) is 0 Å². The van der Waals surface area contributed by atoms with Gasteiger partial charge in [0.1, 0.15) is 12.4 Å². The topological polar surface area (TPSA) is 38.3 Å². The van der Waals surface area contributed by atoms with Gasteiger partial charge in [-0.2, -0.15) is 0 Å². The molecule has 0 aromatic heterocycles. The molecular weight excluding hydrogens is 190 g/mol. The fourth-order valence-electron chi connectivity index (χ4n) is 0.913. The molecule has 0 spiro atoms. The van der Waals surface area contributed by atoms with E-state index in [-0.39, 0.29) is 5.91 Å². The van der Waals surface area contributed by atoms with Crippen molar-refractivity contribution in [2.75, 3.05) is 13.2 Å². The maximum atomic E-state index is 10.5. The van der Waals surface area contributed by atoms with Gasteiger partial charge in [-0.3, -0.25) is 4.79 Å². The molecule has 1 amide bonds. The third-order valence-corrected chi connectivity index (χ3v) is 1.49. The monoisotopic (exact) mass is 209 g/mol. The van der Waals surface area contributed by atoms with E-state index in [4.69, 9.17) is 4.74 Å². The van der Waals surface area contributed by atoms with E-state index in [1.54, 1.807) is 0 Å². The van der Waals surface area contributed by atoms with Gasteiger partial charge in [0.05, 0.1) is 6.54 Å². The molecule has 15 heavy (non-hydrogen) atoms. The molecule has 0 saturated carbocycles. The fraction of sp³-hybridized carbons (Fsp3) is 0.417. The lowest BCUT2D eigenvalue weighted by Crippen LogP contribution is -2.25. The van der Waals surface area contributed by atoms with Crippen molar-refractivity contribution in [1.82, 2.24) is 5.32 Å². The minimum absolute atomic E-state index is 0.0309. The van der Waals surface area contributed by atoms with Gasteiger partial charge in [0.2, 0.25) is 5.91 Å². The molecule has 1 rings (SSSR count). The molecule has 0 atom stereocenters. The molecule has 0 bridgehead atoms. The first-order chi connectivity index (χ1) is 7.29. The second-order valence-corrected chi connectivity index (χ2v) is 2.64. The summed E-state index contributed by atoms with van der Waals surface area (Å²) < 4.78 is 5.34. The first-order valence-electron chi connectivity index (χ1n) is 5.21. The third-order valence-electron chi connectivity index (χ3n) is 1.49. The van der Waals surface area contributed by atoms with E-state index in [0.717, 1.165) is 5.75 Å². The van der Waals surface area contributed by atoms with Crippen LogP contribution in [0.25, 0.3) is 0 Å². The summed E-state index contributed by atoms with van der Waals surface area (Å²) in [5.41, 5.74) is 0. The Balaban J connectivity index is 0.000000921. The van der Waals surface area contributed by atoms with Crippen molar-refractivity contribution in [3.63, 3.8) is 0 Å². The van der Waals surface area contributed by atoms with Crippen LogP contribution < -0.4 is 10.1 Å². The van der Waals surface area contributed by atoms with Crippen molar-refractivity contribution in [2.24, 2.45) is 0 Å². The minimum atomic E-state index is -0.0309. The standard InChI is InChI=1S/C10H13NO2.C2H6/c1-9(12)11-7-8-13-10-5-3-2-4-6-10;1-2/h2-6H,7-8H2,1H3,(H,11,12);1-2H3. The van der Waals surface area contributed by atoms with Crippen LogP contribution in [0.15, 0.2) is 30.3 Å². The summed E-state index contributed by atoms with van der Waals surface area (Å²) in [7, 11) is 0. The lowest BCUT2D eigenvalue weighted by atomic mass is 10.3. The number of hydrogen-bond acceptors (Lipinski definition) is 2. The third kappa shape index (κ3) is 7.55.